The molecule has 0 unspecified atom stereocenters. The molecular weight excluding hydrogens is 406 g/mol. The van der Waals surface area contributed by atoms with E-state index in [4.69, 9.17) is 9.15 Å². The second-order valence-electron chi connectivity index (χ2n) is 7.62. The van der Waals surface area contributed by atoms with Crippen LogP contribution in [0.1, 0.15) is 45.8 Å². The zero-order valence-corrected chi connectivity index (χ0v) is 18.1. The first-order valence-corrected chi connectivity index (χ1v) is 10.5. The van der Waals surface area contributed by atoms with Gasteiger partial charge in [0, 0.05) is 17.5 Å². The molecule has 0 spiro atoms. The normalized spacial score (nSPS) is 14.0. The molecule has 0 saturated carbocycles. The Kier molecular flexibility index (Phi) is 6.35. The molecule has 1 aromatic heterocycles. The van der Waals surface area contributed by atoms with Gasteiger partial charge in [0.25, 0.3) is 5.91 Å². The van der Waals surface area contributed by atoms with Gasteiger partial charge in [-0.2, -0.15) is 5.10 Å². The van der Waals surface area contributed by atoms with E-state index in [0.29, 0.717) is 23.4 Å². The molecule has 0 fully saturated rings. The molecule has 2 N–H and O–H groups in total. The molecule has 1 aliphatic rings. The van der Waals surface area contributed by atoms with Crippen LogP contribution in [0.2, 0.25) is 0 Å². The fourth-order valence-electron chi connectivity index (χ4n) is 3.87. The summed E-state index contributed by atoms with van der Waals surface area (Å²) in [6, 6.07) is 16.7. The minimum absolute atomic E-state index is 0.189. The van der Waals surface area contributed by atoms with E-state index in [1.807, 2.05) is 49.4 Å². The largest absolute Gasteiger partial charge is 0.495 e. The van der Waals surface area contributed by atoms with Crippen LogP contribution in [-0.4, -0.2) is 24.6 Å². The summed E-state index contributed by atoms with van der Waals surface area (Å²) in [6.07, 6.45) is 2.50. The SMILES string of the molecule is COc1ccccc1NC(=O)c1oc2c(c1C)/C(=N/NC(=O)Cc1ccccc1)CCC2. The highest BCUT2D eigenvalue weighted by atomic mass is 16.5. The van der Waals surface area contributed by atoms with Crippen molar-refractivity contribution in [2.24, 2.45) is 5.10 Å². The lowest BCUT2D eigenvalue weighted by Crippen LogP contribution is -2.23. The molecule has 7 nitrogen and oxygen atoms in total. The number of furan rings is 1. The lowest BCUT2D eigenvalue weighted by molar-refractivity contribution is -0.120. The number of hydrogen-bond acceptors (Lipinski definition) is 5. The maximum Gasteiger partial charge on any atom is 0.291 e. The summed E-state index contributed by atoms with van der Waals surface area (Å²) < 4.78 is 11.2. The van der Waals surface area contributed by atoms with Crippen LogP contribution in [0.5, 0.6) is 5.75 Å². The average Bonchev–Trinajstić information content (AvgIpc) is 3.16. The minimum atomic E-state index is -0.353. The van der Waals surface area contributed by atoms with Crippen LogP contribution in [0, 0.1) is 6.92 Å². The monoisotopic (exact) mass is 431 g/mol. The molecule has 0 saturated heterocycles. The molecule has 2 aromatic carbocycles. The van der Waals surface area contributed by atoms with Gasteiger partial charge in [0.05, 0.1) is 24.9 Å². The quantitative estimate of drug-likeness (QED) is 0.571. The van der Waals surface area contributed by atoms with E-state index >= 15 is 0 Å². The number of ether oxygens (including phenoxy) is 1. The molecule has 0 bridgehead atoms. The Morgan fingerprint density at radius 1 is 1.06 bits per heavy atom. The second-order valence-corrected chi connectivity index (χ2v) is 7.62. The van der Waals surface area contributed by atoms with Gasteiger partial charge in [0.2, 0.25) is 5.91 Å². The molecule has 0 radical (unpaired) electrons. The fraction of sp³-hybridized carbons (Fsp3) is 0.240. The highest BCUT2D eigenvalue weighted by molar-refractivity contribution is 6.09. The van der Waals surface area contributed by atoms with E-state index in [1.54, 1.807) is 19.2 Å². The van der Waals surface area contributed by atoms with Gasteiger partial charge in [-0.1, -0.05) is 42.5 Å². The van der Waals surface area contributed by atoms with Gasteiger partial charge in [-0.3, -0.25) is 9.59 Å². The molecule has 0 aliphatic heterocycles. The van der Waals surface area contributed by atoms with Crippen molar-refractivity contribution in [3.8, 4) is 5.75 Å². The summed E-state index contributed by atoms with van der Waals surface area (Å²) in [5.74, 6) is 0.985. The topological polar surface area (TPSA) is 92.9 Å². The van der Waals surface area contributed by atoms with Crippen molar-refractivity contribution in [3.05, 3.63) is 82.8 Å². The zero-order chi connectivity index (χ0) is 22.5. The van der Waals surface area contributed by atoms with Crippen LogP contribution in [0.4, 0.5) is 5.69 Å². The first-order chi connectivity index (χ1) is 15.6. The number of carbonyl (C=O) groups is 2. The zero-order valence-electron chi connectivity index (χ0n) is 18.1. The third kappa shape index (κ3) is 4.56. The van der Waals surface area contributed by atoms with E-state index in [-0.39, 0.29) is 24.0 Å². The average molecular weight is 431 g/mol. The number of rotatable bonds is 6. The van der Waals surface area contributed by atoms with Gasteiger partial charge >= 0.3 is 0 Å². The second kappa shape index (κ2) is 9.51. The predicted octanol–water partition coefficient (Wildman–Crippen LogP) is 4.25. The van der Waals surface area contributed by atoms with Crippen LogP contribution in [0.3, 0.4) is 0 Å². The van der Waals surface area contributed by atoms with Gasteiger partial charge in [-0.15, -0.1) is 0 Å². The van der Waals surface area contributed by atoms with E-state index in [1.165, 1.54) is 0 Å². The third-order valence-corrected chi connectivity index (χ3v) is 5.41. The van der Waals surface area contributed by atoms with Gasteiger partial charge in [0.15, 0.2) is 5.76 Å². The lowest BCUT2D eigenvalue weighted by Gasteiger charge is -2.13. The van der Waals surface area contributed by atoms with Crippen molar-refractivity contribution < 1.29 is 18.7 Å². The molecular formula is C25H25N3O4. The third-order valence-electron chi connectivity index (χ3n) is 5.41. The Hall–Kier alpha value is -3.87. The number of hydrogen-bond donors (Lipinski definition) is 2. The Morgan fingerprint density at radius 3 is 2.59 bits per heavy atom. The maximum absolute atomic E-state index is 12.9. The van der Waals surface area contributed by atoms with Gasteiger partial charge in [-0.05, 0) is 37.5 Å². The van der Waals surface area contributed by atoms with E-state index in [0.717, 1.165) is 35.4 Å². The highest BCUT2D eigenvalue weighted by Crippen LogP contribution is 2.31. The van der Waals surface area contributed by atoms with Gasteiger partial charge < -0.3 is 14.5 Å². The van der Waals surface area contributed by atoms with Crippen LogP contribution < -0.4 is 15.5 Å². The van der Waals surface area contributed by atoms with E-state index in [9.17, 15) is 9.59 Å². The Bertz CT molecular complexity index is 1170. The summed E-state index contributed by atoms with van der Waals surface area (Å²) in [5, 5.41) is 7.22. The Labute approximate surface area is 186 Å². The first kappa shape index (κ1) is 21.4. The standard InChI is InChI=1S/C25H25N3O4/c1-16-23-19(27-28-22(29)15-17-9-4-3-5-10-17)12-8-14-21(23)32-24(16)25(30)26-18-11-6-7-13-20(18)31-2/h3-7,9-11,13H,8,12,14-15H2,1-2H3,(H,26,30)(H,28,29)/b27-19+. The van der Waals surface area contributed by atoms with Crippen LogP contribution >= 0.6 is 0 Å². The molecule has 7 heteroatoms. The lowest BCUT2D eigenvalue weighted by atomic mass is 9.93. The molecule has 0 atom stereocenters. The van der Waals surface area contributed by atoms with Crippen molar-refractivity contribution in [1.29, 1.82) is 0 Å². The van der Waals surface area contributed by atoms with Crippen molar-refractivity contribution in [3.63, 3.8) is 0 Å². The number of anilines is 1. The fourth-order valence-corrected chi connectivity index (χ4v) is 3.87. The van der Waals surface area contributed by atoms with Crippen molar-refractivity contribution in [1.82, 2.24) is 5.43 Å². The molecule has 3 aromatic rings. The van der Waals surface area contributed by atoms with Crippen LogP contribution in [-0.2, 0) is 17.6 Å². The molecule has 1 heterocycles. The number of amides is 2. The predicted molar refractivity (Wildman–Crippen MR) is 122 cm³/mol. The summed E-state index contributed by atoms with van der Waals surface area (Å²) in [6.45, 7) is 1.84. The number of aryl methyl sites for hydroxylation is 1. The Morgan fingerprint density at radius 2 is 1.81 bits per heavy atom. The number of fused-ring (bicyclic) bond motifs is 1. The number of nitrogens with one attached hydrogen (secondary N) is 2. The van der Waals surface area contributed by atoms with Gasteiger partial charge in [0.1, 0.15) is 11.5 Å². The number of para-hydroxylation sites is 2. The molecule has 2 amide bonds. The summed E-state index contributed by atoms with van der Waals surface area (Å²) >= 11 is 0. The van der Waals surface area contributed by atoms with Crippen molar-refractivity contribution in [2.75, 3.05) is 12.4 Å². The van der Waals surface area contributed by atoms with Crippen molar-refractivity contribution in [2.45, 2.75) is 32.6 Å². The number of carbonyl (C=O) groups excluding carboxylic acids is 2. The smallest absolute Gasteiger partial charge is 0.291 e. The maximum atomic E-state index is 12.9. The molecule has 164 valence electrons. The summed E-state index contributed by atoms with van der Waals surface area (Å²) in [7, 11) is 1.55. The van der Waals surface area contributed by atoms with Crippen LogP contribution in [0.25, 0.3) is 0 Å². The molecule has 32 heavy (non-hydrogen) atoms. The first-order valence-electron chi connectivity index (χ1n) is 10.5. The molecule has 1 aliphatic carbocycles. The summed E-state index contributed by atoms with van der Waals surface area (Å²) in [4.78, 5) is 25.2. The Balaban J connectivity index is 1.53. The summed E-state index contributed by atoms with van der Waals surface area (Å²) in [5.41, 5.74) is 6.38. The number of methoxy groups -OCH3 is 1. The number of nitrogens with zero attached hydrogens (tertiary/aromatic N) is 1. The molecule has 4 rings (SSSR count). The number of benzene rings is 2. The minimum Gasteiger partial charge on any atom is -0.495 e. The van der Waals surface area contributed by atoms with Gasteiger partial charge in [-0.25, -0.2) is 5.43 Å². The van der Waals surface area contributed by atoms with E-state index in [2.05, 4.69) is 15.8 Å². The number of hydrazone groups is 1. The van der Waals surface area contributed by atoms with Crippen LogP contribution in [0.15, 0.2) is 64.1 Å². The van der Waals surface area contributed by atoms with Crippen molar-refractivity contribution >= 4 is 23.2 Å². The highest BCUT2D eigenvalue weighted by Gasteiger charge is 2.28. The van der Waals surface area contributed by atoms with E-state index < -0.39 is 0 Å².